The van der Waals surface area contributed by atoms with E-state index in [0.717, 1.165) is 11.3 Å². The Bertz CT molecular complexity index is 902. The lowest BCUT2D eigenvalue weighted by atomic mass is 9.89. The third-order valence-electron chi connectivity index (χ3n) is 5.78. The molecule has 3 heterocycles. The number of rotatable bonds is 4. The summed E-state index contributed by atoms with van der Waals surface area (Å²) in [4.78, 5) is 32.8. The van der Waals surface area contributed by atoms with Crippen LogP contribution in [0.2, 0.25) is 0 Å². The number of carbonyl (C=O) groups excluding carboxylic acids is 2. The van der Waals surface area contributed by atoms with Gasteiger partial charge in [0.2, 0.25) is 11.8 Å². The maximum absolute atomic E-state index is 13.8. The lowest BCUT2D eigenvalue weighted by Crippen LogP contribution is -2.36. The Kier molecular flexibility index (Phi) is 5.05. The predicted molar refractivity (Wildman–Crippen MR) is 105 cm³/mol. The number of nitrogens with two attached hydrogens (primary N) is 1. The number of thiazole rings is 1. The number of fused-ring (bicyclic) bond motifs is 1. The minimum atomic E-state index is -0.307. The van der Waals surface area contributed by atoms with Crippen LogP contribution in [-0.4, -0.2) is 46.2 Å². The fraction of sp³-hybridized carbons (Fsp3) is 0.450. The molecule has 2 amide bonds. The Labute approximate surface area is 167 Å². The van der Waals surface area contributed by atoms with Gasteiger partial charge in [0.25, 0.3) is 0 Å². The van der Waals surface area contributed by atoms with Gasteiger partial charge in [-0.2, -0.15) is 0 Å². The third kappa shape index (κ3) is 3.61. The van der Waals surface area contributed by atoms with E-state index in [1.807, 2.05) is 21.2 Å². The van der Waals surface area contributed by atoms with E-state index >= 15 is 0 Å². The molecular weight excluding hydrogens is 379 g/mol. The standard InChI is InChI=1S/C20H23FN4O2S/c1-12(26)25-9-14-8-24(18(27)6-5-16-11-28-20(22)23-16)10-17(14)19(25)13-3-2-4-15(21)7-13/h2-4,7,11,14,17,19H,5-6,8-10H2,1H3,(H2,22,23)/t14-,17-,19-/m1/s1. The van der Waals surface area contributed by atoms with Crippen molar-refractivity contribution in [2.45, 2.75) is 25.8 Å². The summed E-state index contributed by atoms with van der Waals surface area (Å²) in [7, 11) is 0. The molecule has 1 aromatic carbocycles. The van der Waals surface area contributed by atoms with Crippen LogP contribution >= 0.6 is 11.3 Å². The van der Waals surface area contributed by atoms with Crippen molar-refractivity contribution in [3.63, 3.8) is 0 Å². The van der Waals surface area contributed by atoms with Crippen LogP contribution in [0.4, 0.5) is 9.52 Å². The zero-order valence-corrected chi connectivity index (χ0v) is 16.5. The summed E-state index contributed by atoms with van der Waals surface area (Å²) in [5.41, 5.74) is 7.28. The second-order valence-electron chi connectivity index (χ2n) is 7.57. The van der Waals surface area contributed by atoms with Crippen molar-refractivity contribution >= 4 is 28.3 Å². The van der Waals surface area contributed by atoms with E-state index in [-0.39, 0.29) is 35.5 Å². The van der Waals surface area contributed by atoms with Crippen molar-refractivity contribution < 1.29 is 14.0 Å². The fourth-order valence-corrected chi connectivity index (χ4v) is 5.12. The van der Waals surface area contributed by atoms with Crippen LogP contribution in [0.3, 0.4) is 0 Å². The van der Waals surface area contributed by atoms with E-state index in [2.05, 4.69) is 4.98 Å². The van der Waals surface area contributed by atoms with Crippen molar-refractivity contribution in [3.8, 4) is 0 Å². The SMILES string of the molecule is CC(=O)N1C[C@H]2CN(C(=O)CCc3csc(N)n3)C[C@H]2[C@H]1c1cccc(F)c1. The number of aromatic nitrogens is 1. The second kappa shape index (κ2) is 7.50. The molecule has 2 aliphatic rings. The van der Waals surface area contributed by atoms with Crippen molar-refractivity contribution in [3.05, 3.63) is 46.7 Å². The van der Waals surface area contributed by atoms with Gasteiger partial charge in [-0.05, 0) is 24.1 Å². The number of carbonyl (C=O) groups is 2. The van der Waals surface area contributed by atoms with Crippen molar-refractivity contribution in [1.29, 1.82) is 0 Å². The van der Waals surface area contributed by atoms with Gasteiger partial charge in [-0.25, -0.2) is 9.37 Å². The molecular formula is C20H23FN4O2S. The molecule has 3 atom stereocenters. The monoisotopic (exact) mass is 402 g/mol. The topological polar surface area (TPSA) is 79.5 Å². The quantitative estimate of drug-likeness (QED) is 0.852. The number of benzene rings is 1. The minimum absolute atomic E-state index is 0.0114. The van der Waals surface area contributed by atoms with Crippen LogP contribution in [0.15, 0.2) is 29.6 Å². The summed E-state index contributed by atoms with van der Waals surface area (Å²) in [6, 6.07) is 6.26. The van der Waals surface area contributed by atoms with E-state index < -0.39 is 0 Å². The second-order valence-corrected chi connectivity index (χ2v) is 8.46. The first-order valence-corrected chi connectivity index (χ1v) is 10.3. The van der Waals surface area contributed by atoms with Crippen molar-refractivity contribution in [2.24, 2.45) is 11.8 Å². The molecule has 1 aromatic heterocycles. The largest absolute Gasteiger partial charge is 0.375 e. The number of halogens is 1. The summed E-state index contributed by atoms with van der Waals surface area (Å²) in [5, 5.41) is 2.40. The molecule has 0 bridgehead atoms. The van der Waals surface area contributed by atoms with Crippen LogP contribution in [0.1, 0.15) is 30.6 Å². The first-order chi connectivity index (χ1) is 13.4. The van der Waals surface area contributed by atoms with E-state index in [1.54, 1.807) is 13.0 Å². The summed E-state index contributed by atoms with van der Waals surface area (Å²) in [5.74, 6) is 0.120. The summed E-state index contributed by atoms with van der Waals surface area (Å²) in [6.07, 6.45) is 0.967. The van der Waals surface area contributed by atoms with Gasteiger partial charge in [0.1, 0.15) is 5.82 Å². The fourth-order valence-electron chi connectivity index (χ4n) is 4.52. The van der Waals surface area contributed by atoms with Gasteiger partial charge >= 0.3 is 0 Å². The molecule has 0 spiro atoms. The van der Waals surface area contributed by atoms with E-state index in [9.17, 15) is 14.0 Å². The van der Waals surface area contributed by atoms with Crippen LogP contribution in [-0.2, 0) is 16.0 Å². The van der Waals surface area contributed by atoms with Crippen LogP contribution in [0, 0.1) is 17.7 Å². The van der Waals surface area contributed by atoms with Gasteiger partial charge in [-0.1, -0.05) is 12.1 Å². The maximum Gasteiger partial charge on any atom is 0.222 e. The number of likely N-dealkylation sites (tertiary alicyclic amines) is 2. The molecule has 0 saturated carbocycles. The van der Waals surface area contributed by atoms with Crippen molar-refractivity contribution in [1.82, 2.24) is 14.8 Å². The van der Waals surface area contributed by atoms with Gasteiger partial charge in [0.15, 0.2) is 5.13 Å². The average Bonchev–Trinajstić information content (AvgIpc) is 3.33. The number of hydrogen-bond donors (Lipinski definition) is 1. The van der Waals surface area contributed by atoms with Crippen LogP contribution < -0.4 is 5.73 Å². The van der Waals surface area contributed by atoms with Gasteiger partial charge in [-0.3, -0.25) is 9.59 Å². The smallest absolute Gasteiger partial charge is 0.222 e. The molecule has 2 saturated heterocycles. The van der Waals surface area contributed by atoms with Crippen LogP contribution in [0.5, 0.6) is 0 Å². The number of nitrogens with zero attached hydrogens (tertiary/aromatic N) is 3. The van der Waals surface area contributed by atoms with Gasteiger partial charge in [0.05, 0.1) is 11.7 Å². The Morgan fingerprint density at radius 3 is 2.82 bits per heavy atom. The highest BCUT2D eigenvalue weighted by atomic mass is 32.1. The highest BCUT2D eigenvalue weighted by Gasteiger charge is 2.49. The van der Waals surface area contributed by atoms with Gasteiger partial charge in [0, 0.05) is 50.2 Å². The molecule has 0 unspecified atom stereocenters. The molecule has 2 fully saturated rings. The molecule has 28 heavy (non-hydrogen) atoms. The highest BCUT2D eigenvalue weighted by molar-refractivity contribution is 7.13. The first-order valence-electron chi connectivity index (χ1n) is 9.42. The normalized spacial score (nSPS) is 23.9. The van der Waals surface area contributed by atoms with Crippen LogP contribution in [0.25, 0.3) is 0 Å². The van der Waals surface area contributed by atoms with E-state index in [1.165, 1.54) is 23.5 Å². The summed E-state index contributed by atoms with van der Waals surface area (Å²) < 4.78 is 13.8. The lowest BCUT2D eigenvalue weighted by Gasteiger charge is -2.29. The molecule has 2 N–H and O–H groups in total. The van der Waals surface area contributed by atoms with E-state index in [0.29, 0.717) is 37.6 Å². The number of hydrogen-bond acceptors (Lipinski definition) is 5. The average molecular weight is 402 g/mol. The molecule has 2 aliphatic heterocycles. The summed E-state index contributed by atoms with van der Waals surface area (Å²) >= 11 is 1.38. The number of amides is 2. The Balaban J connectivity index is 1.46. The highest BCUT2D eigenvalue weighted by Crippen LogP contribution is 2.45. The zero-order chi connectivity index (χ0) is 19.8. The molecule has 4 rings (SSSR count). The zero-order valence-electron chi connectivity index (χ0n) is 15.7. The number of anilines is 1. The number of aryl methyl sites for hydroxylation is 1. The van der Waals surface area contributed by atoms with E-state index in [4.69, 9.17) is 5.73 Å². The van der Waals surface area contributed by atoms with Gasteiger partial charge < -0.3 is 15.5 Å². The molecule has 0 radical (unpaired) electrons. The molecule has 6 nitrogen and oxygen atoms in total. The molecule has 2 aromatic rings. The Hall–Kier alpha value is -2.48. The van der Waals surface area contributed by atoms with Gasteiger partial charge in [-0.15, -0.1) is 11.3 Å². The maximum atomic E-state index is 13.8. The minimum Gasteiger partial charge on any atom is -0.375 e. The third-order valence-corrected chi connectivity index (χ3v) is 6.50. The first kappa shape index (κ1) is 18.9. The lowest BCUT2D eigenvalue weighted by molar-refractivity contribution is -0.131. The molecule has 0 aliphatic carbocycles. The Morgan fingerprint density at radius 2 is 2.14 bits per heavy atom. The number of nitrogen functional groups attached to an aromatic ring is 1. The Morgan fingerprint density at radius 1 is 1.32 bits per heavy atom. The van der Waals surface area contributed by atoms with Crippen molar-refractivity contribution in [2.75, 3.05) is 25.4 Å². The summed E-state index contributed by atoms with van der Waals surface area (Å²) in [6.45, 7) is 3.38. The molecule has 8 heteroatoms. The predicted octanol–water partition coefficient (Wildman–Crippen LogP) is 2.48. The molecule has 148 valence electrons.